The molecule has 2 saturated carbocycles. The molecule has 0 radical (unpaired) electrons. The van der Waals surface area contributed by atoms with Crippen molar-refractivity contribution in [2.24, 2.45) is 5.92 Å². The van der Waals surface area contributed by atoms with E-state index in [9.17, 15) is 9.59 Å². The van der Waals surface area contributed by atoms with E-state index in [2.05, 4.69) is 30.4 Å². The van der Waals surface area contributed by atoms with E-state index < -0.39 is 0 Å². The molecule has 0 atom stereocenters. The fourth-order valence-corrected chi connectivity index (χ4v) is 5.27. The Kier molecular flexibility index (Phi) is 3.95. The first kappa shape index (κ1) is 17.1. The number of rotatable bonds is 3. The number of nitrogens with one attached hydrogen (secondary N) is 1. The topological polar surface area (TPSA) is 58.6 Å². The predicted octanol–water partition coefficient (Wildman–Crippen LogP) is 3.47. The number of carbonyl (C=O) groups is 2. The predicted molar refractivity (Wildman–Crippen MR) is 102 cm³/mol. The van der Waals surface area contributed by atoms with Crippen molar-refractivity contribution in [3.05, 3.63) is 34.9 Å². The van der Waals surface area contributed by atoms with Gasteiger partial charge in [0.25, 0.3) is 0 Å². The van der Waals surface area contributed by atoms with Gasteiger partial charge >= 0.3 is 6.09 Å². The third kappa shape index (κ3) is 3.11. The van der Waals surface area contributed by atoms with E-state index in [0.717, 1.165) is 44.7 Å². The number of hydrogen-bond acceptors (Lipinski definition) is 3. The monoisotopic (exact) mass is 368 g/mol. The highest BCUT2D eigenvalue weighted by atomic mass is 16.6. The van der Waals surface area contributed by atoms with Crippen LogP contribution in [0.25, 0.3) is 0 Å². The lowest BCUT2D eigenvalue weighted by Gasteiger charge is -2.45. The van der Waals surface area contributed by atoms with Gasteiger partial charge in [0.05, 0.1) is 5.54 Å². The number of nitrogens with zero attached hydrogens (tertiary/aromatic N) is 1. The molecule has 0 aromatic heterocycles. The number of ether oxygens (including phenoxy) is 1. The highest BCUT2D eigenvalue weighted by molar-refractivity contribution is 5.81. The SMILES string of the molecule is Cc1cc(C2CC2)ccc1C1CCN(C(=O)[C@H]2C[C@]3(COC(=O)N3)C2)CC1. The van der Waals surface area contributed by atoms with E-state index in [1.165, 1.54) is 29.5 Å². The zero-order valence-electron chi connectivity index (χ0n) is 16.0. The van der Waals surface area contributed by atoms with Gasteiger partial charge in [0, 0.05) is 19.0 Å². The second-order valence-corrected chi connectivity index (χ2v) is 9.08. The van der Waals surface area contributed by atoms with Gasteiger partial charge in [-0.25, -0.2) is 4.79 Å². The molecule has 4 aliphatic rings. The lowest BCUT2D eigenvalue weighted by atomic mass is 9.68. The number of alkyl carbamates (subject to hydrolysis) is 1. The first-order chi connectivity index (χ1) is 13.0. The number of hydrogen-bond donors (Lipinski definition) is 1. The second kappa shape index (κ2) is 6.25. The van der Waals surface area contributed by atoms with Gasteiger partial charge in [0.1, 0.15) is 6.61 Å². The van der Waals surface area contributed by atoms with Crippen LogP contribution in [0.5, 0.6) is 0 Å². The van der Waals surface area contributed by atoms with Crippen LogP contribution < -0.4 is 5.32 Å². The fraction of sp³-hybridized carbons (Fsp3) is 0.636. The Labute approximate surface area is 160 Å². The Balaban J connectivity index is 1.16. The molecule has 1 N–H and O–H groups in total. The Hall–Kier alpha value is -2.04. The maximum atomic E-state index is 12.8. The van der Waals surface area contributed by atoms with Crippen molar-refractivity contribution in [2.75, 3.05) is 19.7 Å². The van der Waals surface area contributed by atoms with Crippen molar-refractivity contribution in [2.45, 2.75) is 62.8 Å². The highest BCUT2D eigenvalue weighted by Crippen LogP contribution is 2.43. The van der Waals surface area contributed by atoms with Crippen molar-refractivity contribution >= 4 is 12.0 Å². The molecule has 2 aliphatic heterocycles. The molecular formula is C22H28N2O3. The zero-order chi connectivity index (χ0) is 18.6. The molecule has 5 heteroatoms. The molecule has 2 heterocycles. The number of benzene rings is 1. The van der Waals surface area contributed by atoms with Crippen LogP contribution in [0.3, 0.4) is 0 Å². The van der Waals surface area contributed by atoms with E-state index in [0.29, 0.717) is 12.5 Å². The summed E-state index contributed by atoms with van der Waals surface area (Å²) in [4.78, 5) is 26.1. The molecular weight excluding hydrogens is 340 g/mol. The summed E-state index contributed by atoms with van der Waals surface area (Å²) in [5.41, 5.74) is 4.13. The number of cyclic esters (lactones) is 1. The molecule has 5 rings (SSSR count). The summed E-state index contributed by atoms with van der Waals surface area (Å²) < 4.78 is 5.01. The van der Waals surface area contributed by atoms with Crippen molar-refractivity contribution in [1.82, 2.24) is 10.2 Å². The number of likely N-dealkylation sites (tertiary alicyclic amines) is 1. The van der Waals surface area contributed by atoms with Crippen LogP contribution in [0.1, 0.15) is 67.1 Å². The largest absolute Gasteiger partial charge is 0.447 e. The molecule has 2 aliphatic carbocycles. The van der Waals surface area contributed by atoms with Crippen molar-refractivity contribution in [3.8, 4) is 0 Å². The minimum Gasteiger partial charge on any atom is -0.447 e. The summed E-state index contributed by atoms with van der Waals surface area (Å²) in [7, 11) is 0. The molecule has 144 valence electrons. The highest BCUT2D eigenvalue weighted by Gasteiger charge is 2.53. The molecule has 1 aromatic rings. The molecule has 1 aromatic carbocycles. The van der Waals surface area contributed by atoms with Gasteiger partial charge in [0.2, 0.25) is 5.91 Å². The lowest BCUT2D eigenvalue weighted by Crippen LogP contribution is -2.58. The third-order valence-electron chi connectivity index (χ3n) is 7.06. The first-order valence-corrected chi connectivity index (χ1v) is 10.4. The zero-order valence-corrected chi connectivity index (χ0v) is 16.0. The smallest absolute Gasteiger partial charge is 0.407 e. The van der Waals surface area contributed by atoms with E-state index in [-0.39, 0.29) is 23.5 Å². The van der Waals surface area contributed by atoms with Gasteiger partial charge in [-0.05, 0) is 74.0 Å². The summed E-state index contributed by atoms with van der Waals surface area (Å²) in [5, 5.41) is 2.87. The molecule has 5 nitrogen and oxygen atoms in total. The molecule has 2 saturated heterocycles. The maximum absolute atomic E-state index is 12.8. The van der Waals surface area contributed by atoms with Gasteiger partial charge in [-0.1, -0.05) is 18.2 Å². The van der Waals surface area contributed by atoms with Crippen LogP contribution in [-0.2, 0) is 9.53 Å². The van der Waals surface area contributed by atoms with Gasteiger partial charge in [-0.2, -0.15) is 0 Å². The average molecular weight is 368 g/mol. The van der Waals surface area contributed by atoms with Gasteiger partial charge in [0.15, 0.2) is 0 Å². The first-order valence-electron chi connectivity index (χ1n) is 10.4. The van der Waals surface area contributed by atoms with Gasteiger partial charge < -0.3 is 15.0 Å². The van der Waals surface area contributed by atoms with Crippen LogP contribution in [0.2, 0.25) is 0 Å². The van der Waals surface area contributed by atoms with Crippen molar-refractivity contribution in [1.29, 1.82) is 0 Å². The Morgan fingerprint density at radius 2 is 1.89 bits per heavy atom. The fourth-order valence-electron chi connectivity index (χ4n) is 5.27. The van der Waals surface area contributed by atoms with E-state index in [1.54, 1.807) is 0 Å². The molecule has 0 unspecified atom stereocenters. The number of amides is 2. The van der Waals surface area contributed by atoms with Crippen LogP contribution in [0, 0.1) is 12.8 Å². The summed E-state index contributed by atoms with van der Waals surface area (Å²) in [5.74, 6) is 1.68. The number of aryl methyl sites for hydroxylation is 1. The summed E-state index contributed by atoms with van der Waals surface area (Å²) >= 11 is 0. The Bertz CT molecular complexity index is 772. The minimum atomic E-state index is -0.343. The summed E-state index contributed by atoms with van der Waals surface area (Å²) in [6.45, 7) is 4.34. The molecule has 0 bridgehead atoms. The lowest BCUT2D eigenvalue weighted by molar-refractivity contribution is -0.142. The van der Waals surface area contributed by atoms with Gasteiger partial charge in [-0.3, -0.25) is 4.79 Å². The number of carbonyl (C=O) groups excluding carboxylic acids is 2. The minimum absolute atomic E-state index is 0.0445. The quantitative estimate of drug-likeness (QED) is 0.889. The maximum Gasteiger partial charge on any atom is 0.407 e. The van der Waals surface area contributed by atoms with Crippen molar-refractivity contribution in [3.63, 3.8) is 0 Å². The van der Waals surface area contributed by atoms with Crippen LogP contribution in [0.15, 0.2) is 18.2 Å². The molecule has 27 heavy (non-hydrogen) atoms. The van der Waals surface area contributed by atoms with Gasteiger partial charge in [-0.15, -0.1) is 0 Å². The molecule has 4 fully saturated rings. The van der Waals surface area contributed by atoms with E-state index in [4.69, 9.17) is 4.74 Å². The second-order valence-electron chi connectivity index (χ2n) is 9.08. The summed E-state index contributed by atoms with van der Waals surface area (Å²) in [6.07, 6.45) is 5.89. The Morgan fingerprint density at radius 1 is 1.15 bits per heavy atom. The molecule has 2 amide bonds. The average Bonchev–Trinajstić information content (AvgIpc) is 3.42. The van der Waals surface area contributed by atoms with Crippen molar-refractivity contribution < 1.29 is 14.3 Å². The normalized spacial score (nSPS) is 30.8. The molecule has 1 spiro atoms. The standard InChI is InChI=1S/C22H28N2O3/c1-14-10-17(15-2-3-15)4-5-19(14)16-6-8-24(9-7-16)20(25)18-11-22(12-18)13-27-21(26)23-22/h4-5,10,15-16,18H,2-3,6-9,11-13H2,1H3,(H,23,26)/t18-,22+. The van der Waals surface area contributed by atoms with Crippen LogP contribution >= 0.6 is 0 Å². The Morgan fingerprint density at radius 3 is 2.48 bits per heavy atom. The van der Waals surface area contributed by atoms with Crippen LogP contribution in [-0.4, -0.2) is 42.1 Å². The van der Waals surface area contributed by atoms with Crippen LogP contribution in [0.4, 0.5) is 4.79 Å². The van der Waals surface area contributed by atoms with E-state index >= 15 is 0 Å². The number of piperidine rings is 1. The summed E-state index contributed by atoms with van der Waals surface area (Å²) in [6, 6.07) is 7.04. The van der Waals surface area contributed by atoms with E-state index in [1.807, 2.05) is 4.90 Å². The third-order valence-corrected chi connectivity index (χ3v) is 7.06.